The molecule has 0 amide bonds. The third-order valence-electron chi connectivity index (χ3n) is 4.57. The number of fused-ring (bicyclic) bond motifs is 2. The van der Waals surface area contributed by atoms with Crippen LogP contribution in [0.2, 0.25) is 0 Å². The van der Waals surface area contributed by atoms with Crippen LogP contribution in [0.4, 0.5) is 0 Å². The Kier molecular flexibility index (Phi) is 4.65. The fourth-order valence-corrected chi connectivity index (χ4v) is 5.02. The van der Waals surface area contributed by atoms with Crippen molar-refractivity contribution in [3.63, 3.8) is 0 Å². The Balaban J connectivity index is 1.59. The number of nitrogens with one attached hydrogen (secondary N) is 1. The first-order valence-electron chi connectivity index (χ1n) is 8.52. The van der Waals surface area contributed by atoms with Gasteiger partial charge in [-0.1, -0.05) is 12.1 Å². The number of thioether (sulfide) groups is 1. The van der Waals surface area contributed by atoms with E-state index in [-0.39, 0.29) is 11.2 Å². The molecule has 1 aromatic carbocycles. The molecule has 4 rings (SSSR count). The predicted molar refractivity (Wildman–Crippen MR) is 112 cm³/mol. The number of hydrogen-bond acceptors (Lipinski definition) is 6. The van der Waals surface area contributed by atoms with Crippen molar-refractivity contribution >= 4 is 44.3 Å². The van der Waals surface area contributed by atoms with Crippen LogP contribution in [0.15, 0.2) is 38.3 Å². The monoisotopic (exact) mass is 398 g/mol. The van der Waals surface area contributed by atoms with Gasteiger partial charge in [-0.05, 0) is 43.5 Å². The molecule has 3 aromatic heterocycles. The molecule has 0 saturated carbocycles. The lowest BCUT2D eigenvalue weighted by molar-refractivity contribution is 0.559. The molecule has 0 aliphatic rings. The van der Waals surface area contributed by atoms with Crippen molar-refractivity contribution in [2.75, 3.05) is 0 Å². The quantitative estimate of drug-likeness (QED) is 0.514. The molecule has 0 fully saturated rings. The molecule has 3 heterocycles. The van der Waals surface area contributed by atoms with Crippen LogP contribution >= 0.6 is 23.1 Å². The maximum atomic E-state index is 12.4. The third-order valence-corrected chi connectivity index (χ3v) is 6.66. The number of aryl methyl sites for hydroxylation is 3. The number of nitrogens with zero attached hydrogens (tertiary/aromatic N) is 1. The van der Waals surface area contributed by atoms with Gasteiger partial charge in [-0.3, -0.25) is 4.79 Å². The second-order valence-electron chi connectivity index (χ2n) is 6.56. The molecular weight excluding hydrogens is 380 g/mol. The highest BCUT2D eigenvalue weighted by Crippen LogP contribution is 2.27. The lowest BCUT2D eigenvalue weighted by Crippen LogP contribution is -2.11. The van der Waals surface area contributed by atoms with Crippen LogP contribution < -0.4 is 11.2 Å². The fraction of sp³-hybridized carbons (Fsp3) is 0.250. The zero-order valence-electron chi connectivity index (χ0n) is 15.2. The van der Waals surface area contributed by atoms with Crippen LogP contribution in [-0.4, -0.2) is 9.97 Å². The summed E-state index contributed by atoms with van der Waals surface area (Å²) < 4.78 is 5.30. The Morgan fingerprint density at radius 3 is 2.78 bits per heavy atom. The average Bonchev–Trinajstić information content (AvgIpc) is 2.88. The average molecular weight is 399 g/mol. The molecule has 0 atom stereocenters. The van der Waals surface area contributed by atoms with E-state index in [0.717, 1.165) is 31.8 Å². The minimum absolute atomic E-state index is 0.0845. The van der Waals surface area contributed by atoms with Crippen LogP contribution in [0.1, 0.15) is 27.4 Å². The molecule has 4 aromatic rings. The third kappa shape index (κ3) is 3.44. The van der Waals surface area contributed by atoms with Crippen molar-refractivity contribution < 1.29 is 4.42 Å². The smallest absolute Gasteiger partial charge is 0.336 e. The molecule has 0 radical (unpaired) electrons. The van der Waals surface area contributed by atoms with Gasteiger partial charge >= 0.3 is 5.63 Å². The van der Waals surface area contributed by atoms with E-state index < -0.39 is 0 Å². The first kappa shape index (κ1) is 18.0. The lowest BCUT2D eigenvalue weighted by atomic mass is 10.1. The van der Waals surface area contributed by atoms with Crippen molar-refractivity contribution in [2.24, 2.45) is 0 Å². The first-order chi connectivity index (χ1) is 12.9. The minimum Gasteiger partial charge on any atom is -0.423 e. The number of aromatic nitrogens is 2. The summed E-state index contributed by atoms with van der Waals surface area (Å²) in [5.74, 6) is 1.85. The Morgan fingerprint density at radius 2 is 1.96 bits per heavy atom. The van der Waals surface area contributed by atoms with Gasteiger partial charge in [0.1, 0.15) is 16.2 Å². The van der Waals surface area contributed by atoms with E-state index in [2.05, 4.69) is 9.97 Å². The molecule has 0 saturated heterocycles. The maximum Gasteiger partial charge on any atom is 0.336 e. The molecule has 27 heavy (non-hydrogen) atoms. The Morgan fingerprint density at radius 1 is 1.15 bits per heavy atom. The summed E-state index contributed by atoms with van der Waals surface area (Å²) in [4.78, 5) is 33.6. The van der Waals surface area contributed by atoms with Gasteiger partial charge in [-0.2, -0.15) is 0 Å². The van der Waals surface area contributed by atoms with Gasteiger partial charge < -0.3 is 9.40 Å². The molecule has 0 aliphatic heterocycles. The zero-order chi connectivity index (χ0) is 19.1. The molecule has 7 heteroatoms. The van der Waals surface area contributed by atoms with Crippen LogP contribution in [0.25, 0.3) is 21.2 Å². The predicted octanol–water partition coefficient (Wildman–Crippen LogP) is 4.45. The van der Waals surface area contributed by atoms with Crippen molar-refractivity contribution in [1.29, 1.82) is 0 Å². The SMILES string of the molecule is Cc1ccc2c(CSCc3nc4sc(C)c(C)c4c(=O)[nH]3)cc(=O)oc2c1. The zero-order valence-corrected chi connectivity index (χ0v) is 16.8. The Bertz CT molecular complexity index is 1280. The molecule has 0 unspecified atom stereocenters. The summed E-state index contributed by atoms with van der Waals surface area (Å²) in [5, 5.41) is 1.63. The van der Waals surface area contributed by atoms with Crippen molar-refractivity contribution in [3.05, 3.63) is 72.4 Å². The van der Waals surface area contributed by atoms with E-state index in [1.54, 1.807) is 23.1 Å². The van der Waals surface area contributed by atoms with Crippen molar-refractivity contribution in [3.8, 4) is 0 Å². The van der Waals surface area contributed by atoms with Crippen LogP contribution in [0, 0.1) is 20.8 Å². The highest BCUT2D eigenvalue weighted by Gasteiger charge is 2.12. The van der Waals surface area contributed by atoms with Gasteiger partial charge in [-0.25, -0.2) is 9.78 Å². The molecule has 0 spiro atoms. The highest BCUT2D eigenvalue weighted by molar-refractivity contribution is 7.97. The van der Waals surface area contributed by atoms with Crippen LogP contribution in [-0.2, 0) is 11.5 Å². The second-order valence-corrected chi connectivity index (χ2v) is 8.75. The number of H-pyrrole nitrogens is 1. The van der Waals surface area contributed by atoms with Gasteiger partial charge in [0.2, 0.25) is 0 Å². The van der Waals surface area contributed by atoms with E-state index in [9.17, 15) is 9.59 Å². The van der Waals surface area contributed by atoms with Crippen molar-refractivity contribution in [2.45, 2.75) is 32.3 Å². The Hall–Kier alpha value is -2.38. The number of rotatable bonds is 4. The van der Waals surface area contributed by atoms with Crippen LogP contribution in [0.5, 0.6) is 0 Å². The lowest BCUT2D eigenvalue weighted by Gasteiger charge is -2.06. The fourth-order valence-electron chi connectivity index (χ4n) is 3.08. The topological polar surface area (TPSA) is 76.0 Å². The largest absolute Gasteiger partial charge is 0.423 e. The molecule has 0 bridgehead atoms. The normalized spacial score (nSPS) is 11.5. The minimum atomic E-state index is -0.346. The van der Waals surface area contributed by atoms with Gasteiger partial charge in [0, 0.05) is 22.1 Å². The van der Waals surface area contributed by atoms with Gasteiger partial charge in [0.25, 0.3) is 5.56 Å². The summed E-state index contributed by atoms with van der Waals surface area (Å²) in [6, 6.07) is 7.40. The van der Waals surface area contributed by atoms with E-state index in [4.69, 9.17) is 4.42 Å². The highest BCUT2D eigenvalue weighted by atomic mass is 32.2. The molecule has 138 valence electrons. The maximum absolute atomic E-state index is 12.4. The summed E-state index contributed by atoms with van der Waals surface area (Å²) in [7, 11) is 0. The molecule has 5 nitrogen and oxygen atoms in total. The molecule has 1 N–H and O–H groups in total. The molecular formula is C20H18N2O3S2. The van der Waals surface area contributed by atoms with E-state index in [1.807, 2.05) is 39.0 Å². The second kappa shape index (κ2) is 6.98. The number of benzene rings is 1. The Labute approximate surface area is 163 Å². The van der Waals surface area contributed by atoms with Gasteiger partial charge in [0.15, 0.2) is 0 Å². The summed E-state index contributed by atoms with van der Waals surface area (Å²) in [6.45, 7) is 5.92. The van der Waals surface area contributed by atoms with Crippen molar-refractivity contribution in [1.82, 2.24) is 9.97 Å². The number of aromatic amines is 1. The van der Waals surface area contributed by atoms with Crippen LogP contribution in [0.3, 0.4) is 0 Å². The summed E-state index contributed by atoms with van der Waals surface area (Å²) in [6.07, 6.45) is 0. The van der Waals surface area contributed by atoms with Gasteiger partial charge in [-0.15, -0.1) is 23.1 Å². The number of thiophene rings is 1. The number of hydrogen-bond donors (Lipinski definition) is 1. The van der Waals surface area contributed by atoms with E-state index in [0.29, 0.717) is 28.3 Å². The molecule has 0 aliphatic carbocycles. The standard InChI is InChI=1S/C20H18N2O3S2/c1-10-4-5-14-13(7-17(23)25-15(14)6-10)8-26-9-16-21-19(24)18-11(2)12(3)27-20(18)22-16/h4-7H,8-9H2,1-3H3,(H,21,22,24). The first-order valence-corrected chi connectivity index (χ1v) is 10.5. The van der Waals surface area contributed by atoms with E-state index in [1.165, 1.54) is 6.07 Å². The summed E-state index contributed by atoms with van der Waals surface area (Å²) >= 11 is 3.15. The van der Waals surface area contributed by atoms with Gasteiger partial charge in [0.05, 0.1) is 11.1 Å². The summed E-state index contributed by atoms with van der Waals surface area (Å²) in [5.41, 5.74) is 3.15. The van der Waals surface area contributed by atoms with E-state index >= 15 is 0 Å².